The number of rotatable bonds is 4. The lowest BCUT2D eigenvalue weighted by Gasteiger charge is -2.02. The topological polar surface area (TPSA) is 135 Å². The molecular weight excluding hydrogens is 261 g/mol. The van der Waals surface area contributed by atoms with E-state index in [1.54, 1.807) is 19.1 Å². The number of nitrogens with zero attached hydrogens (tertiary/aromatic N) is 2. The normalized spacial score (nSPS) is 12.3. The average molecular weight is 273 g/mol. The molecule has 98 valence electrons. The molecule has 0 unspecified atom stereocenters. The van der Waals surface area contributed by atoms with Crippen LogP contribution in [0, 0.1) is 6.92 Å². The largest absolute Gasteiger partial charge is 0.384 e. The number of oxime groups is 1. The van der Waals surface area contributed by atoms with Crippen molar-refractivity contribution >= 4 is 19.4 Å². The molecule has 1 aromatic rings. The van der Waals surface area contributed by atoms with Crippen LogP contribution in [0.1, 0.15) is 16.2 Å². The minimum absolute atomic E-state index is 0.0303. The molecule has 1 heterocycles. The second-order valence-corrected chi connectivity index (χ2v) is 5.09. The van der Waals surface area contributed by atoms with Gasteiger partial charge in [0.25, 0.3) is 0 Å². The van der Waals surface area contributed by atoms with Gasteiger partial charge in [-0.3, -0.25) is 4.57 Å². The molecule has 0 aliphatic rings. The predicted molar refractivity (Wildman–Crippen MR) is 62.9 cm³/mol. The summed E-state index contributed by atoms with van der Waals surface area (Å²) in [5.74, 6) is -1.32. The van der Waals surface area contributed by atoms with Crippen molar-refractivity contribution in [1.82, 2.24) is 4.98 Å². The van der Waals surface area contributed by atoms with Crippen molar-refractivity contribution in [1.29, 1.82) is 0 Å². The quantitative estimate of drug-likeness (QED) is 0.231. The van der Waals surface area contributed by atoms with Crippen molar-refractivity contribution in [3.8, 4) is 0 Å². The second-order valence-electron chi connectivity index (χ2n) is 3.45. The highest BCUT2D eigenvalue weighted by Crippen LogP contribution is 2.33. The van der Waals surface area contributed by atoms with Crippen LogP contribution < -0.4 is 5.73 Å². The molecule has 0 aromatic carbocycles. The van der Waals surface area contributed by atoms with Crippen molar-refractivity contribution < 1.29 is 24.0 Å². The Kier molecular flexibility index (Phi) is 4.55. The summed E-state index contributed by atoms with van der Waals surface area (Å²) in [6.45, 7) is 1.70. The summed E-state index contributed by atoms with van der Waals surface area (Å²) in [5, 5.41) is 3.13. The standard InChI is InChI=1S/C9H12N3O5P/c1-6-3-2-4-7(11-6)9(13)17-12-8(10)5-18(14,15)16/h2-4H,5H2,1H3,(H2,10,12)(H2,14,15,16). The van der Waals surface area contributed by atoms with E-state index in [0.29, 0.717) is 5.69 Å². The van der Waals surface area contributed by atoms with E-state index in [4.69, 9.17) is 15.5 Å². The van der Waals surface area contributed by atoms with Gasteiger partial charge in [0.2, 0.25) is 0 Å². The Morgan fingerprint density at radius 1 is 1.56 bits per heavy atom. The van der Waals surface area contributed by atoms with Crippen LogP contribution in [-0.2, 0) is 9.40 Å². The predicted octanol–water partition coefficient (Wildman–Crippen LogP) is -0.00328. The monoisotopic (exact) mass is 273 g/mol. The van der Waals surface area contributed by atoms with Gasteiger partial charge in [0, 0.05) is 5.69 Å². The summed E-state index contributed by atoms with van der Waals surface area (Å²) in [5.41, 5.74) is 5.83. The van der Waals surface area contributed by atoms with Gasteiger partial charge in [0.15, 0.2) is 11.5 Å². The van der Waals surface area contributed by atoms with Crippen molar-refractivity contribution in [3.63, 3.8) is 0 Å². The first-order valence-electron chi connectivity index (χ1n) is 4.80. The lowest BCUT2D eigenvalue weighted by atomic mass is 10.3. The van der Waals surface area contributed by atoms with E-state index in [9.17, 15) is 9.36 Å². The SMILES string of the molecule is Cc1cccc(C(=O)ON=C(N)CP(=O)(O)O)n1. The minimum atomic E-state index is -4.32. The first-order valence-corrected chi connectivity index (χ1v) is 6.59. The third-order valence-corrected chi connectivity index (χ3v) is 2.45. The number of carbonyl (C=O) groups excluding carboxylic acids is 1. The maximum atomic E-state index is 11.4. The van der Waals surface area contributed by atoms with Gasteiger partial charge in [-0.05, 0) is 19.1 Å². The van der Waals surface area contributed by atoms with Gasteiger partial charge in [-0.2, -0.15) is 0 Å². The fourth-order valence-corrected chi connectivity index (χ4v) is 1.52. The lowest BCUT2D eigenvalue weighted by Crippen LogP contribution is -2.18. The van der Waals surface area contributed by atoms with E-state index < -0.39 is 25.6 Å². The van der Waals surface area contributed by atoms with Gasteiger partial charge < -0.3 is 20.4 Å². The second kappa shape index (κ2) is 5.72. The van der Waals surface area contributed by atoms with E-state index in [-0.39, 0.29) is 5.69 Å². The zero-order valence-corrected chi connectivity index (χ0v) is 10.4. The first-order chi connectivity index (χ1) is 8.28. The number of carbonyl (C=O) groups is 1. The summed E-state index contributed by atoms with van der Waals surface area (Å²) in [7, 11) is -4.32. The molecule has 0 saturated heterocycles. The van der Waals surface area contributed by atoms with E-state index in [1.807, 2.05) is 0 Å². The molecule has 0 saturated carbocycles. The molecule has 0 amide bonds. The Hall–Kier alpha value is -1.76. The van der Waals surface area contributed by atoms with E-state index in [1.165, 1.54) is 6.07 Å². The number of pyridine rings is 1. The summed E-state index contributed by atoms with van der Waals surface area (Å²) >= 11 is 0. The highest BCUT2D eigenvalue weighted by atomic mass is 31.2. The van der Waals surface area contributed by atoms with Crippen LogP contribution in [0.2, 0.25) is 0 Å². The Balaban J connectivity index is 2.66. The molecule has 4 N–H and O–H groups in total. The Labute approximate surface area is 103 Å². The molecule has 0 bridgehead atoms. The highest BCUT2D eigenvalue weighted by molar-refractivity contribution is 7.52. The van der Waals surface area contributed by atoms with Gasteiger partial charge in [-0.15, -0.1) is 0 Å². The van der Waals surface area contributed by atoms with Gasteiger partial charge in [-0.25, -0.2) is 9.78 Å². The maximum absolute atomic E-state index is 11.4. The maximum Gasteiger partial charge on any atom is 0.383 e. The third kappa shape index (κ3) is 5.05. The fraction of sp³-hybridized carbons (Fsp3) is 0.222. The zero-order chi connectivity index (χ0) is 13.8. The van der Waals surface area contributed by atoms with Crippen LogP contribution in [0.15, 0.2) is 23.4 Å². The number of hydrogen-bond donors (Lipinski definition) is 3. The zero-order valence-electron chi connectivity index (χ0n) is 9.48. The smallest absolute Gasteiger partial charge is 0.383 e. The highest BCUT2D eigenvalue weighted by Gasteiger charge is 2.16. The Morgan fingerprint density at radius 3 is 2.78 bits per heavy atom. The van der Waals surface area contributed by atoms with Crippen LogP contribution in [0.3, 0.4) is 0 Å². The average Bonchev–Trinajstić information content (AvgIpc) is 2.23. The minimum Gasteiger partial charge on any atom is -0.384 e. The van der Waals surface area contributed by atoms with Crippen LogP contribution in [0.5, 0.6) is 0 Å². The number of nitrogens with two attached hydrogens (primary N) is 1. The van der Waals surface area contributed by atoms with Crippen LogP contribution in [0.4, 0.5) is 0 Å². The van der Waals surface area contributed by atoms with Crippen LogP contribution in [-0.4, -0.2) is 32.7 Å². The van der Waals surface area contributed by atoms with Gasteiger partial charge >= 0.3 is 13.6 Å². The molecule has 18 heavy (non-hydrogen) atoms. The molecule has 0 aliphatic carbocycles. The first kappa shape index (κ1) is 14.3. The molecule has 0 atom stereocenters. The molecular formula is C9H12N3O5P. The van der Waals surface area contributed by atoms with Crippen molar-refractivity contribution in [2.75, 3.05) is 6.16 Å². The van der Waals surface area contributed by atoms with Crippen LogP contribution >= 0.6 is 7.60 Å². The van der Waals surface area contributed by atoms with E-state index in [0.717, 1.165) is 0 Å². The number of aryl methyl sites for hydroxylation is 1. The molecule has 0 radical (unpaired) electrons. The Bertz CT molecular complexity index is 525. The number of aromatic nitrogens is 1. The van der Waals surface area contributed by atoms with Crippen molar-refractivity contribution in [3.05, 3.63) is 29.6 Å². The Morgan fingerprint density at radius 2 is 2.22 bits per heavy atom. The molecule has 1 aromatic heterocycles. The van der Waals surface area contributed by atoms with Crippen molar-refractivity contribution in [2.45, 2.75) is 6.92 Å². The lowest BCUT2D eigenvalue weighted by molar-refractivity contribution is 0.0508. The van der Waals surface area contributed by atoms with Gasteiger partial charge in [0.1, 0.15) is 6.16 Å². The third-order valence-electron chi connectivity index (χ3n) is 1.71. The van der Waals surface area contributed by atoms with E-state index >= 15 is 0 Å². The number of amidine groups is 1. The van der Waals surface area contributed by atoms with Crippen LogP contribution in [0.25, 0.3) is 0 Å². The molecule has 1 rings (SSSR count). The molecule has 0 aliphatic heterocycles. The summed E-state index contributed by atoms with van der Waals surface area (Å²) < 4.78 is 10.6. The van der Waals surface area contributed by atoms with Gasteiger partial charge in [0.05, 0.1) is 0 Å². The number of hydrogen-bond acceptors (Lipinski definition) is 5. The summed E-state index contributed by atoms with van der Waals surface area (Å²) in [4.78, 5) is 36.9. The molecule has 8 nitrogen and oxygen atoms in total. The fourth-order valence-electron chi connectivity index (χ4n) is 1.04. The molecule has 0 spiro atoms. The summed E-state index contributed by atoms with van der Waals surface area (Å²) in [6.07, 6.45) is -0.776. The molecule has 9 heteroatoms. The molecule has 0 fully saturated rings. The van der Waals surface area contributed by atoms with Crippen molar-refractivity contribution in [2.24, 2.45) is 10.9 Å². The van der Waals surface area contributed by atoms with Gasteiger partial charge in [-0.1, -0.05) is 11.2 Å². The van der Waals surface area contributed by atoms with E-state index in [2.05, 4.69) is 15.0 Å². The summed E-state index contributed by atoms with van der Waals surface area (Å²) in [6, 6.07) is 4.73.